The Hall–Kier alpha value is -1.26. The van der Waals surface area contributed by atoms with Crippen LogP contribution < -0.4 is 0 Å². The summed E-state index contributed by atoms with van der Waals surface area (Å²) >= 11 is 5.01. The number of rotatable bonds is 3. The van der Waals surface area contributed by atoms with Gasteiger partial charge in [0.1, 0.15) is 0 Å². The van der Waals surface area contributed by atoms with E-state index in [1.807, 2.05) is 43.3 Å². The van der Waals surface area contributed by atoms with Crippen molar-refractivity contribution in [3.05, 3.63) is 58.1 Å². The Labute approximate surface area is 118 Å². The van der Waals surface area contributed by atoms with Crippen molar-refractivity contribution < 1.29 is 9.90 Å². The lowest BCUT2D eigenvalue weighted by molar-refractivity contribution is 0.0696. The molecule has 0 radical (unpaired) electrons. The van der Waals surface area contributed by atoms with Gasteiger partial charge in [0.05, 0.1) is 5.56 Å². The van der Waals surface area contributed by atoms with E-state index < -0.39 is 5.97 Å². The SMILES string of the molecule is Cc1cc(Sc2ccc(Br)cc2)ccc1C(=O)O. The Bertz CT molecular complexity index is 579. The minimum Gasteiger partial charge on any atom is -0.478 e. The van der Waals surface area contributed by atoms with Gasteiger partial charge in [-0.3, -0.25) is 0 Å². The highest BCUT2D eigenvalue weighted by atomic mass is 79.9. The maximum absolute atomic E-state index is 10.9. The Balaban J connectivity index is 2.22. The van der Waals surface area contributed by atoms with E-state index in [9.17, 15) is 4.79 Å². The highest BCUT2D eigenvalue weighted by Gasteiger charge is 2.07. The van der Waals surface area contributed by atoms with Gasteiger partial charge in [-0.2, -0.15) is 0 Å². The highest BCUT2D eigenvalue weighted by Crippen LogP contribution is 2.29. The fraction of sp³-hybridized carbons (Fsp3) is 0.0714. The van der Waals surface area contributed by atoms with Gasteiger partial charge < -0.3 is 5.11 Å². The molecule has 0 spiro atoms. The summed E-state index contributed by atoms with van der Waals surface area (Å²) in [5, 5.41) is 8.96. The van der Waals surface area contributed by atoms with Crippen LogP contribution in [0.1, 0.15) is 15.9 Å². The van der Waals surface area contributed by atoms with Gasteiger partial charge in [0, 0.05) is 14.3 Å². The number of halogens is 1. The molecule has 0 atom stereocenters. The van der Waals surface area contributed by atoms with Crippen molar-refractivity contribution in [2.45, 2.75) is 16.7 Å². The predicted molar refractivity (Wildman–Crippen MR) is 76.4 cm³/mol. The molecule has 0 heterocycles. The summed E-state index contributed by atoms with van der Waals surface area (Å²) < 4.78 is 1.05. The first-order valence-electron chi connectivity index (χ1n) is 5.33. The van der Waals surface area contributed by atoms with Crippen LogP contribution in [0.3, 0.4) is 0 Å². The van der Waals surface area contributed by atoms with Crippen molar-refractivity contribution in [2.75, 3.05) is 0 Å². The van der Waals surface area contributed by atoms with E-state index >= 15 is 0 Å². The number of carbonyl (C=O) groups is 1. The number of aryl methyl sites for hydroxylation is 1. The standard InChI is InChI=1S/C14H11BrO2S/c1-9-8-12(6-7-13(9)14(16)17)18-11-4-2-10(15)3-5-11/h2-8H,1H3,(H,16,17). The monoisotopic (exact) mass is 322 g/mol. The number of benzene rings is 2. The van der Waals surface area contributed by atoms with Crippen molar-refractivity contribution >= 4 is 33.7 Å². The summed E-state index contributed by atoms with van der Waals surface area (Å²) in [7, 11) is 0. The van der Waals surface area contributed by atoms with Crippen molar-refractivity contribution in [3.8, 4) is 0 Å². The quantitative estimate of drug-likeness (QED) is 0.896. The second-order valence-corrected chi connectivity index (χ2v) is 5.90. The smallest absolute Gasteiger partial charge is 0.335 e. The molecule has 0 saturated heterocycles. The van der Waals surface area contributed by atoms with Crippen LogP contribution in [0.5, 0.6) is 0 Å². The molecule has 0 aliphatic heterocycles. The molecule has 0 bridgehead atoms. The fourth-order valence-corrected chi connectivity index (χ4v) is 2.76. The molecule has 0 unspecified atom stereocenters. The van der Waals surface area contributed by atoms with Crippen LogP contribution in [0.2, 0.25) is 0 Å². The minimum atomic E-state index is -0.882. The van der Waals surface area contributed by atoms with Crippen LogP contribution >= 0.6 is 27.7 Å². The van der Waals surface area contributed by atoms with Crippen molar-refractivity contribution in [3.63, 3.8) is 0 Å². The summed E-state index contributed by atoms with van der Waals surface area (Å²) in [4.78, 5) is 13.1. The van der Waals surface area contributed by atoms with Gasteiger partial charge in [-0.15, -0.1) is 0 Å². The van der Waals surface area contributed by atoms with Crippen LogP contribution in [0, 0.1) is 6.92 Å². The van der Waals surface area contributed by atoms with Gasteiger partial charge in [0.25, 0.3) is 0 Å². The number of carboxylic acid groups (broad SMARTS) is 1. The molecule has 0 fully saturated rings. The van der Waals surface area contributed by atoms with Gasteiger partial charge in [-0.1, -0.05) is 27.7 Å². The molecule has 2 aromatic carbocycles. The third kappa shape index (κ3) is 3.15. The number of hydrogen-bond acceptors (Lipinski definition) is 2. The van der Waals surface area contributed by atoms with Crippen LogP contribution in [-0.4, -0.2) is 11.1 Å². The third-order valence-electron chi connectivity index (χ3n) is 2.48. The third-order valence-corrected chi connectivity index (χ3v) is 4.00. The molecule has 0 aromatic heterocycles. The highest BCUT2D eigenvalue weighted by molar-refractivity contribution is 9.10. The summed E-state index contributed by atoms with van der Waals surface area (Å²) in [5.41, 5.74) is 1.14. The molecule has 0 amide bonds. The first-order chi connectivity index (χ1) is 8.56. The van der Waals surface area contributed by atoms with Crippen molar-refractivity contribution in [1.29, 1.82) is 0 Å². The molecule has 4 heteroatoms. The van der Waals surface area contributed by atoms with E-state index in [0.717, 1.165) is 19.8 Å². The maximum atomic E-state index is 10.9. The molecule has 2 rings (SSSR count). The predicted octanol–water partition coefficient (Wildman–Crippen LogP) is 4.61. The first kappa shape index (κ1) is 13.2. The molecule has 1 N–H and O–H groups in total. The molecule has 92 valence electrons. The molecular weight excluding hydrogens is 312 g/mol. The van der Waals surface area contributed by atoms with Crippen LogP contribution in [0.4, 0.5) is 0 Å². The Morgan fingerprint density at radius 2 is 1.72 bits per heavy atom. The normalized spacial score (nSPS) is 10.3. The van der Waals surface area contributed by atoms with Crippen LogP contribution in [-0.2, 0) is 0 Å². The van der Waals surface area contributed by atoms with E-state index in [0.29, 0.717) is 5.56 Å². The second-order valence-electron chi connectivity index (χ2n) is 3.84. The Morgan fingerprint density at radius 1 is 1.11 bits per heavy atom. The summed E-state index contributed by atoms with van der Waals surface area (Å²) in [6.07, 6.45) is 0. The average Bonchev–Trinajstić information content (AvgIpc) is 2.32. The number of aromatic carboxylic acids is 1. The molecular formula is C14H11BrO2S. The van der Waals surface area contributed by atoms with E-state index in [1.54, 1.807) is 17.8 Å². The lowest BCUT2D eigenvalue weighted by Crippen LogP contribution is -1.98. The lowest BCUT2D eigenvalue weighted by atomic mass is 10.1. The van der Waals surface area contributed by atoms with E-state index in [1.165, 1.54) is 0 Å². The molecule has 2 nitrogen and oxygen atoms in total. The van der Waals surface area contributed by atoms with Gasteiger partial charge in [0.2, 0.25) is 0 Å². The van der Waals surface area contributed by atoms with E-state index in [2.05, 4.69) is 15.9 Å². The van der Waals surface area contributed by atoms with Crippen molar-refractivity contribution in [1.82, 2.24) is 0 Å². The first-order valence-corrected chi connectivity index (χ1v) is 6.94. The molecule has 2 aromatic rings. The topological polar surface area (TPSA) is 37.3 Å². The van der Waals surface area contributed by atoms with Crippen LogP contribution in [0.25, 0.3) is 0 Å². The van der Waals surface area contributed by atoms with Gasteiger partial charge in [-0.05, 0) is 55.0 Å². The number of hydrogen-bond donors (Lipinski definition) is 1. The summed E-state index contributed by atoms with van der Waals surface area (Å²) in [6.45, 7) is 1.81. The largest absolute Gasteiger partial charge is 0.478 e. The Morgan fingerprint density at radius 3 is 2.28 bits per heavy atom. The maximum Gasteiger partial charge on any atom is 0.335 e. The molecule has 0 aliphatic carbocycles. The summed E-state index contributed by atoms with van der Waals surface area (Å²) in [6, 6.07) is 13.4. The number of carboxylic acids is 1. The zero-order valence-electron chi connectivity index (χ0n) is 9.68. The lowest BCUT2D eigenvalue weighted by Gasteiger charge is -2.05. The average molecular weight is 323 g/mol. The van der Waals surface area contributed by atoms with Gasteiger partial charge in [0.15, 0.2) is 0 Å². The van der Waals surface area contributed by atoms with Gasteiger partial charge in [-0.25, -0.2) is 4.79 Å². The van der Waals surface area contributed by atoms with Crippen LogP contribution in [0.15, 0.2) is 56.7 Å². The summed E-state index contributed by atoms with van der Waals surface area (Å²) in [5.74, 6) is -0.882. The minimum absolute atomic E-state index is 0.357. The molecule has 18 heavy (non-hydrogen) atoms. The molecule has 0 aliphatic rings. The molecule has 0 saturated carbocycles. The van der Waals surface area contributed by atoms with Crippen molar-refractivity contribution in [2.24, 2.45) is 0 Å². The fourth-order valence-electron chi connectivity index (χ4n) is 1.58. The van der Waals surface area contributed by atoms with Gasteiger partial charge >= 0.3 is 5.97 Å². The zero-order chi connectivity index (χ0) is 13.1. The Kier molecular flexibility index (Phi) is 4.09. The zero-order valence-corrected chi connectivity index (χ0v) is 12.1. The van der Waals surface area contributed by atoms with E-state index in [4.69, 9.17) is 5.11 Å². The van der Waals surface area contributed by atoms with E-state index in [-0.39, 0.29) is 0 Å². The second kappa shape index (κ2) is 5.59.